The van der Waals surface area contributed by atoms with E-state index >= 15 is 0 Å². The average molecular weight is 412 g/mol. The lowest BCUT2D eigenvalue weighted by molar-refractivity contribution is 0.484. The molecule has 0 bridgehead atoms. The maximum absolute atomic E-state index is 5.16. The Morgan fingerprint density at radius 1 is 0.806 bits per heavy atom. The first-order valence-corrected chi connectivity index (χ1v) is 12.2. The van der Waals surface area contributed by atoms with Crippen LogP contribution in [0.3, 0.4) is 0 Å². The molecule has 3 aromatic heterocycles. The largest absolute Gasteiger partial charge is 0.260 e. The SMILES string of the molecule is CCCCCCCCc1cnc2c(c1)CC[C@@]21CCc2ccc(-c3ccccn3)nc21. The van der Waals surface area contributed by atoms with Gasteiger partial charge in [-0.2, -0.15) is 0 Å². The first-order valence-electron chi connectivity index (χ1n) is 12.2. The van der Waals surface area contributed by atoms with Crippen LogP contribution in [-0.2, 0) is 24.7 Å². The maximum Gasteiger partial charge on any atom is 0.0890 e. The first-order chi connectivity index (χ1) is 15.3. The van der Waals surface area contributed by atoms with Gasteiger partial charge in [0.2, 0.25) is 0 Å². The smallest absolute Gasteiger partial charge is 0.0890 e. The lowest BCUT2D eigenvalue weighted by Crippen LogP contribution is -2.24. The van der Waals surface area contributed by atoms with E-state index in [2.05, 4.69) is 36.3 Å². The number of rotatable bonds is 8. The molecule has 0 unspecified atom stereocenters. The molecule has 0 fully saturated rings. The molecular formula is C28H33N3. The van der Waals surface area contributed by atoms with Crippen molar-refractivity contribution < 1.29 is 0 Å². The number of nitrogens with zero attached hydrogens (tertiary/aromatic N) is 3. The third-order valence-electron chi connectivity index (χ3n) is 7.30. The van der Waals surface area contributed by atoms with Crippen molar-refractivity contribution in [3.63, 3.8) is 0 Å². The van der Waals surface area contributed by atoms with Crippen molar-refractivity contribution in [3.8, 4) is 11.4 Å². The maximum atomic E-state index is 5.16. The summed E-state index contributed by atoms with van der Waals surface area (Å²) in [6, 6.07) is 12.9. The Kier molecular flexibility index (Phi) is 5.85. The van der Waals surface area contributed by atoms with Crippen LogP contribution in [0.4, 0.5) is 0 Å². The minimum Gasteiger partial charge on any atom is -0.260 e. The lowest BCUT2D eigenvalue weighted by Gasteiger charge is -2.24. The Balaban J connectivity index is 1.36. The minimum absolute atomic E-state index is 0.00807. The first kappa shape index (κ1) is 20.4. The van der Waals surface area contributed by atoms with Crippen LogP contribution in [0.25, 0.3) is 11.4 Å². The van der Waals surface area contributed by atoms with E-state index in [0.29, 0.717) is 0 Å². The van der Waals surface area contributed by atoms with E-state index < -0.39 is 0 Å². The summed E-state index contributed by atoms with van der Waals surface area (Å²) in [6.45, 7) is 2.28. The molecule has 3 heterocycles. The van der Waals surface area contributed by atoms with Gasteiger partial charge in [0.1, 0.15) is 0 Å². The topological polar surface area (TPSA) is 38.7 Å². The van der Waals surface area contributed by atoms with Crippen molar-refractivity contribution in [2.75, 3.05) is 0 Å². The fourth-order valence-corrected chi connectivity index (χ4v) is 5.60. The van der Waals surface area contributed by atoms with Crippen molar-refractivity contribution in [1.29, 1.82) is 0 Å². The van der Waals surface area contributed by atoms with E-state index in [-0.39, 0.29) is 5.41 Å². The molecule has 1 spiro atoms. The van der Waals surface area contributed by atoms with E-state index in [0.717, 1.165) is 43.5 Å². The molecule has 0 radical (unpaired) electrons. The molecule has 31 heavy (non-hydrogen) atoms. The Hall–Kier alpha value is -2.55. The average Bonchev–Trinajstić information content (AvgIpc) is 3.38. The number of hydrogen-bond acceptors (Lipinski definition) is 3. The van der Waals surface area contributed by atoms with Gasteiger partial charge in [0, 0.05) is 12.4 Å². The molecule has 5 rings (SSSR count). The third kappa shape index (κ3) is 3.91. The quantitative estimate of drug-likeness (QED) is 0.391. The number of aryl methyl sites for hydroxylation is 3. The second kappa shape index (κ2) is 8.90. The molecule has 1 atom stereocenters. The second-order valence-corrected chi connectivity index (χ2v) is 9.37. The number of pyridine rings is 3. The van der Waals surface area contributed by atoms with Crippen LogP contribution in [0.2, 0.25) is 0 Å². The predicted octanol–water partition coefficient (Wildman–Crippen LogP) is 6.62. The van der Waals surface area contributed by atoms with Crippen LogP contribution >= 0.6 is 0 Å². The van der Waals surface area contributed by atoms with E-state index in [4.69, 9.17) is 9.97 Å². The van der Waals surface area contributed by atoms with E-state index in [1.165, 1.54) is 66.6 Å². The third-order valence-corrected chi connectivity index (χ3v) is 7.30. The van der Waals surface area contributed by atoms with Gasteiger partial charge in [-0.3, -0.25) is 9.97 Å². The van der Waals surface area contributed by atoms with Crippen LogP contribution in [0.15, 0.2) is 48.8 Å². The fraction of sp³-hybridized carbons (Fsp3) is 0.464. The van der Waals surface area contributed by atoms with Gasteiger partial charge < -0.3 is 0 Å². The van der Waals surface area contributed by atoms with Gasteiger partial charge in [-0.1, -0.05) is 57.2 Å². The van der Waals surface area contributed by atoms with E-state index in [1.807, 2.05) is 24.4 Å². The zero-order chi connectivity index (χ0) is 21.1. The molecule has 0 aromatic carbocycles. The minimum atomic E-state index is 0.00807. The Bertz CT molecular complexity index is 1040. The summed E-state index contributed by atoms with van der Waals surface area (Å²) < 4.78 is 0. The molecular weight excluding hydrogens is 378 g/mol. The molecule has 160 valence electrons. The highest BCUT2D eigenvalue weighted by atomic mass is 14.8. The number of fused-ring (bicyclic) bond motifs is 4. The number of hydrogen-bond donors (Lipinski definition) is 0. The Labute approximate surface area is 186 Å². The molecule has 2 aliphatic rings. The zero-order valence-electron chi connectivity index (χ0n) is 18.7. The molecule has 3 nitrogen and oxygen atoms in total. The summed E-state index contributed by atoms with van der Waals surface area (Å²) in [7, 11) is 0. The van der Waals surface area contributed by atoms with Crippen molar-refractivity contribution in [2.24, 2.45) is 0 Å². The van der Waals surface area contributed by atoms with Gasteiger partial charge in [-0.05, 0) is 73.4 Å². The highest BCUT2D eigenvalue weighted by Gasteiger charge is 2.47. The molecule has 3 aromatic rings. The van der Waals surface area contributed by atoms with Crippen LogP contribution in [0, 0.1) is 0 Å². The van der Waals surface area contributed by atoms with Crippen LogP contribution in [-0.4, -0.2) is 15.0 Å². The normalized spacial score (nSPS) is 19.0. The summed E-state index contributed by atoms with van der Waals surface area (Å²) in [4.78, 5) is 14.8. The van der Waals surface area contributed by atoms with Gasteiger partial charge in [0.25, 0.3) is 0 Å². The van der Waals surface area contributed by atoms with Crippen molar-refractivity contribution in [1.82, 2.24) is 15.0 Å². The summed E-state index contributed by atoms with van der Waals surface area (Å²) in [5.74, 6) is 0. The van der Waals surface area contributed by atoms with Crippen molar-refractivity contribution in [3.05, 3.63) is 76.9 Å². The number of unbranched alkanes of at least 4 members (excludes halogenated alkanes) is 5. The Morgan fingerprint density at radius 2 is 1.65 bits per heavy atom. The highest BCUT2D eigenvalue weighted by molar-refractivity contribution is 5.58. The molecule has 3 heteroatoms. The standard InChI is InChI=1S/C28H33N3/c1-2-3-4-5-6-7-10-21-19-23-15-17-28(26(23)30-20-21)16-14-22-12-13-25(31-27(22)28)24-11-8-9-18-29-24/h8-9,11-13,18-20H,2-7,10,14-17H2,1H3/t28-/m0/s1. The van der Waals surface area contributed by atoms with E-state index in [9.17, 15) is 0 Å². The molecule has 0 saturated heterocycles. The second-order valence-electron chi connectivity index (χ2n) is 9.37. The van der Waals surface area contributed by atoms with Crippen LogP contribution < -0.4 is 0 Å². The fourth-order valence-electron chi connectivity index (χ4n) is 5.60. The molecule has 0 amide bonds. The summed E-state index contributed by atoms with van der Waals surface area (Å²) in [5.41, 5.74) is 8.76. The zero-order valence-corrected chi connectivity index (χ0v) is 18.7. The van der Waals surface area contributed by atoms with E-state index in [1.54, 1.807) is 0 Å². The molecule has 0 N–H and O–H groups in total. The van der Waals surface area contributed by atoms with Gasteiger partial charge in [0.15, 0.2) is 0 Å². The molecule has 2 aliphatic carbocycles. The van der Waals surface area contributed by atoms with Gasteiger partial charge in [-0.25, -0.2) is 4.98 Å². The van der Waals surface area contributed by atoms with Crippen LogP contribution in [0.1, 0.15) is 86.4 Å². The summed E-state index contributed by atoms with van der Waals surface area (Å²) in [5, 5.41) is 0. The van der Waals surface area contributed by atoms with Gasteiger partial charge in [0.05, 0.1) is 28.2 Å². The van der Waals surface area contributed by atoms with Crippen molar-refractivity contribution in [2.45, 2.75) is 83.0 Å². The Morgan fingerprint density at radius 3 is 2.48 bits per heavy atom. The lowest BCUT2D eigenvalue weighted by atomic mass is 9.82. The van der Waals surface area contributed by atoms with Crippen LogP contribution in [0.5, 0.6) is 0 Å². The van der Waals surface area contributed by atoms with Gasteiger partial charge >= 0.3 is 0 Å². The van der Waals surface area contributed by atoms with Gasteiger partial charge in [-0.15, -0.1) is 0 Å². The molecule has 0 saturated carbocycles. The predicted molar refractivity (Wildman–Crippen MR) is 126 cm³/mol. The van der Waals surface area contributed by atoms with Crippen molar-refractivity contribution >= 4 is 0 Å². The monoisotopic (exact) mass is 411 g/mol. The number of aromatic nitrogens is 3. The summed E-state index contributed by atoms with van der Waals surface area (Å²) in [6.07, 6.45) is 17.7. The summed E-state index contributed by atoms with van der Waals surface area (Å²) >= 11 is 0. The molecule has 0 aliphatic heterocycles. The highest BCUT2D eigenvalue weighted by Crippen LogP contribution is 2.51.